The number of aromatic nitrogens is 5. The van der Waals surface area contributed by atoms with E-state index < -0.39 is 32.3 Å². The fourth-order valence-electron chi connectivity index (χ4n) is 4.27. The van der Waals surface area contributed by atoms with Crippen molar-refractivity contribution in [2.45, 2.75) is 64.7 Å². The highest BCUT2D eigenvalue weighted by Crippen LogP contribution is 2.46. The molecule has 9 nitrogen and oxygen atoms in total. The highest BCUT2D eigenvalue weighted by atomic mass is 35.5. The summed E-state index contributed by atoms with van der Waals surface area (Å²) in [5.74, 6) is -0.913. The predicted molar refractivity (Wildman–Crippen MR) is 153 cm³/mol. The maximum atomic E-state index is 14.7. The number of alkyl halides is 3. The molecule has 0 saturated carbocycles. The van der Waals surface area contributed by atoms with Gasteiger partial charge in [0.05, 0.1) is 53.4 Å². The van der Waals surface area contributed by atoms with Gasteiger partial charge in [-0.1, -0.05) is 49.7 Å². The second kappa shape index (κ2) is 11.6. The molecule has 0 aliphatic carbocycles. The summed E-state index contributed by atoms with van der Waals surface area (Å²) in [5, 5.41) is 8.06. The van der Waals surface area contributed by atoms with Crippen LogP contribution >= 0.6 is 11.6 Å². The molecule has 0 saturated heterocycles. The van der Waals surface area contributed by atoms with Crippen molar-refractivity contribution in [2.24, 2.45) is 0 Å². The van der Waals surface area contributed by atoms with E-state index in [2.05, 4.69) is 41.0 Å². The van der Waals surface area contributed by atoms with E-state index in [1.807, 2.05) is 13.1 Å². The highest BCUT2D eigenvalue weighted by Gasteiger charge is 2.42. The van der Waals surface area contributed by atoms with Gasteiger partial charge in [-0.15, -0.1) is 0 Å². The average molecular weight is 622 g/mol. The lowest BCUT2D eigenvalue weighted by molar-refractivity contribution is -0.144. The summed E-state index contributed by atoms with van der Waals surface area (Å²) in [4.78, 5) is 20.4. The second-order valence-corrected chi connectivity index (χ2v) is 16.4. The van der Waals surface area contributed by atoms with Crippen LogP contribution < -0.4 is 0 Å². The first-order valence-electron chi connectivity index (χ1n) is 13.0. The number of carbonyl (C=O) groups is 1. The van der Waals surface area contributed by atoms with Gasteiger partial charge in [0.15, 0.2) is 19.8 Å². The van der Waals surface area contributed by atoms with Crippen LogP contribution in [0.2, 0.25) is 23.2 Å². The van der Waals surface area contributed by atoms with E-state index in [0.29, 0.717) is 0 Å². The molecule has 224 valence electrons. The van der Waals surface area contributed by atoms with E-state index in [1.54, 1.807) is 19.1 Å². The Labute approximate surface area is 247 Å². The van der Waals surface area contributed by atoms with Gasteiger partial charge in [0.2, 0.25) is 0 Å². The molecule has 0 radical (unpaired) electrons. The second-order valence-electron chi connectivity index (χ2n) is 11.3. The standard InChI is InChI=1S/C28H31ClF3N5O4Si/c1-16(41-42(6,7)27(2,3)4)14-37-25(28(30,31)32)19(13-35-37)24-21(20-11-12-33-15-34-20)23(36-40-24)17-9-8-10-18(22(17)29)26(38)39-5/h8-13,15-16H,14H2,1-7H3. The molecule has 0 N–H and O–H groups in total. The van der Waals surface area contributed by atoms with Crippen molar-refractivity contribution >= 4 is 25.9 Å². The van der Waals surface area contributed by atoms with Crippen LogP contribution in [-0.4, -0.2) is 52.4 Å². The molecule has 3 aromatic heterocycles. The van der Waals surface area contributed by atoms with E-state index in [4.69, 9.17) is 25.3 Å². The van der Waals surface area contributed by atoms with Crippen LogP contribution in [0.25, 0.3) is 33.8 Å². The number of hydrogen-bond donors (Lipinski definition) is 0. The van der Waals surface area contributed by atoms with Crippen LogP contribution in [0, 0.1) is 0 Å². The van der Waals surface area contributed by atoms with E-state index in [0.717, 1.165) is 10.9 Å². The van der Waals surface area contributed by atoms with Gasteiger partial charge in [-0.3, -0.25) is 4.68 Å². The molecule has 1 aromatic carbocycles. The zero-order valence-electron chi connectivity index (χ0n) is 24.2. The molecule has 0 fully saturated rings. The molecular formula is C28H31ClF3N5O4Si. The molecule has 0 amide bonds. The van der Waals surface area contributed by atoms with Crippen molar-refractivity contribution in [3.8, 4) is 33.8 Å². The Bertz CT molecular complexity index is 1580. The van der Waals surface area contributed by atoms with Gasteiger partial charge >= 0.3 is 12.1 Å². The first kappa shape index (κ1) is 31.4. The minimum atomic E-state index is -4.80. The van der Waals surface area contributed by atoms with Crippen LogP contribution in [0.1, 0.15) is 43.7 Å². The number of carbonyl (C=O) groups excluding carboxylic acids is 1. The van der Waals surface area contributed by atoms with Gasteiger partial charge in [0.1, 0.15) is 12.0 Å². The Morgan fingerprint density at radius 2 is 1.88 bits per heavy atom. The van der Waals surface area contributed by atoms with Crippen LogP contribution in [0.5, 0.6) is 0 Å². The zero-order chi connectivity index (χ0) is 31.0. The molecule has 3 heterocycles. The summed E-state index contributed by atoms with van der Waals surface area (Å²) in [6.45, 7) is 11.8. The number of halogens is 4. The van der Waals surface area contributed by atoms with Crippen LogP contribution in [-0.2, 0) is 21.9 Å². The maximum Gasteiger partial charge on any atom is 0.433 e. The van der Waals surface area contributed by atoms with Gasteiger partial charge < -0.3 is 13.7 Å². The first-order valence-corrected chi connectivity index (χ1v) is 16.3. The fourth-order valence-corrected chi connectivity index (χ4v) is 5.99. The Morgan fingerprint density at radius 1 is 1.17 bits per heavy atom. The van der Waals surface area contributed by atoms with Gasteiger partial charge in [0, 0.05) is 11.8 Å². The van der Waals surface area contributed by atoms with E-state index in [-0.39, 0.29) is 56.0 Å². The van der Waals surface area contributed by atoms with Crippen molar-refractivity contribution < 1.29 is 31.7 Å². The lowest BCUT2D eigenvalue weighted by Gasteiger charge is -2.38. The molecule has 0 aliphatic heterocycles. The Morgan fingerprint density at radius 3 is 2.48 bits per heavy atom. The Hall–Kier alpha value is -3.55. The number of methoxy groups -OCH3 is 1. The average Bonchev–Trinajstić information content (AvgIpc) is 3.52. The quantitative estimate of drug-likeness (QED) is 0.147. The Kier molecular flexibility index (Phi) is 8.68. The van der Waals surface area contributed by atoms with Gasteiger partial charge in [-0.2, -0.15) is 18.3 Å². The van der Waals surface area contributed by atoms with Crippen molar-refractivity contribution in [3.63, 3.8) is 0 Å². The minimum Gasteiger partial charge on any atom is -0.465 e. The smallest absolute Gasteiger partial charge is 0.433 e. The maximum absolute atomic E-state index is 14.7. The largest absolute Gasteiger partial charge is 0.465 e. The number of hydrogen-bond acceptors (Lipinski definition) is 8. The molecule has 0 bridgehead atoms. The molecule has 14 heteroatoms. The number of nitrogens with zero attached hydrogens (tertiary/aromatic N) is 5. The van der Waals surface area contributed by atoms with E-state index in [1.165, 1.54) is 31.8 Å². The number of esters is 1. The summed E-state index contributed by atoms with van der Waals surface area (Å²) in [6.07, 6.45) is -1.59. The topological polar surface area (TPSA) is 105 Å². The summed E-state index contributed by atoms with van der Waals surface area (Å²) in [7, 11) is -1.05. The Balaban J connectivity index is 1.88. The fraction of sp³-hybridized carbons (Fsp3) is 0.393. The lowest BCUT2D eigenvalue weighted by Crippen LogP contribution is -2.44. The monoisotopic (exact) mass is 621 g/mol. The molecule has 42 heavy (non-hydrogen) atoms. The summed E-state index contributed by atoms with van der Waals surface area (Å²) < 4.78 is 61.6. The molecular weight excluding hydrogens is 591 g/mol. The molecule has 4 rings (SSSR count). The third-order valence-electron chi connectivity index (χ3n) is 7.27. The van der Waals surface area contributed by atoms with E-state index >= 15 is 0 Å². The molecule has 0 aliphatic rings. The predicted octanol–water partition coefficient (Wildman–Crippen LogP) is 7.53. The van der Waals surface area contributed by atoms with Crippen LogP contribution in [0.15, 0.2) is 47.5 Å². The molecule has 0 spiro atoms. The van der Waals surface area contributed by atoms with E-state index in [9.17, 15) is 18.0 Å². The number of benzene rings is 1. The summed E-state index contributed by atoms with van der Waals surface area (Å²) >= 11 is 6.56. The van der Waals surface area contributed by atoms with Gasteiger partial charge in [-0.25, -0.2) is 14.8 Å². The molecule has 1 atom stereocenters. The van der Waals surface area contributed by atoms with Gasteiger partial charge in [-0.05, 0) is 37.2 Å². The van der Waals surface area contributed by atoms with Gasteiger partial charge in [0.25, 0.3) is 0 Å². The SMILES string of the molecule is COC(=O)c1cccc(-c2noc(-c3cnn(CC(C)O[Si](C)(C)C(C)(C)C)c3C(F)(F)F)c2-c2ccncn2)c1Cl. The normalized spacial score (nSPS) is 13.3. The zero-order valence-corrected chi connectivity index (χ0v) is 26.0. The summed E-state index contributed by atoms with van der Waals surface area (Å²) in [5.41, 5.74) is -0.650. The number of rotatable bonds is 8. The molecule has 4 aromatic rings. The third kappa shape index (κ3) is 6.13. The van der Waals surface area contributed by atoms with Crippen LogP contribution in [0.3, 0.4) is 0 Å². The van der Waals surface area contributed by atoms with Crippen molar-refractivity contribution in [3.05, 3.63) is 59.3 Å². The molecule has 1 unspecified atom stereocenters. The summed E-state index contributed by atoms with van der Waals surface area (Å²) in [6, 6.07) is 6.08. The number of ether oxygens (including phenoxy) is 1. The lowest BCUT2D eigenvalue weighted by atomic mass is 9.98. The van der Waals surface area contributed by atoms with Crippen molar-refractivity contribution in [1.82, 2.24) is 24.9 Å². The van der Waals surface area contributed by atoms with Crippen LogP contribution in [0.4, 0.5) is 13.2 Å². The van der Waals surface area contributed by atoms with Crippen molar-refractivity contribution in [1.29, 1.82) is 0 Å². The van der Waals surface area contributed by atoms with Crippen molar-refractivity contribution in [2.75, 3.05) is 7.11 Å². The third-order valence-corrected chi connectivity index (χ3v) is 12.3. The highest BCUT2D eigenvalue weighted by molar-refractivity contribution is 6.74. The first-order chi connectivity index (χ1) is 19.6. The minimum absolute atomic E-state index is 0.0113.